The van der Waals surface area contributed by atoms with E-state index in [1.807, 2.05) is 6.92 Å². The number of likely N-dealkylation sites (N-methyl/N-ethyl adjacent to an activating group) is 1. The number of fused-ring (bicyclic) bond motifs is 1. The van der Waals surface area contributed by atoms with Gasteiger partial charge in [0.1, 0.15) is 5.75 Å². The summed E-state index contributed by atoms with van der Waals surface area (Å²) in [5.74, 6) is -0.330. The predicted octanol–water partition coefficient (Wildman–Crippen LogP) is 4.23. The molecule has 10 nitrogen and oxygen atoms in total. The van der Waals surface area contributed by atoms with Gasteiger partial charge in [0.25, 0.3) is 0 Å². The molecule has 0 unspecified atom stereocenters. The van der Waals surface area contributed by atoms with Gasteiger partial charge in [-0.15, -0.1) is 28.6 Å². The highest BCUT2D eigenvalue weighted by molar-refractivity contribution is 7.91. The van der Waals surface area contributed by atoms with Gasteiger partial charge < -0.3 is 20.7 Å². The molecule has 4 rings (SSSR count). The number of alkyl halides is 3. The Bertz CT molecular complexity index is 1440. The SMILES string of the molecule is CCNCCNc1cc(OC(F)(F)F)ccc1CNc1cccc2c1cnn2S(=O)(=O)Nc1nccs1. The highest BCUT2D eigenvalue weighted by Crippen LogP contribution is 2.30. The highest BCUT2D eigenvalue weighted by Gasteiger charge is 2.31. The molecule has 0 fully saturated rings. The summed E-state index contributed by atoms with van der Waals surface area (Å²) in [5.41, 5.74) is 2.10. The van der Waals surface area contributed by atoms with E-state index in [1.54, 1.807) is 23.6 Å². The Balaban J connectivity index is 1.55. The first-order valence-electron chi connectivity index (χ1n) is 11.1. The Morgan fingerprint density at radius 2 is 1.95 bits per heavy atom. The molecule has 0 aliphatic carbocycles. The Morgan fingerprint density at radius 1 is 1.11 bits per heavy atom. The van der Waals surface area contributed by atoms with Crippen LogP contribution in [0.5, 0.6) is 5.75 Å². The number of ether oxygens (including phenoxy) is 1. The quantitative estimate of drug-likeness (QED) is 0.192. The molecule has 4 N–H and O–H groups in total. The number of nitrogens with one attached hydrogen (secondary N) is 4. The van der Waals surface area contributed by atoms with Gasteiger partial charge in [0.05, 0.1) is 11.7 Å². The lowest BCUT2D eigenvalue weighted by molar-refractivity contribution is -0.274. The topological polar surface area (TPSA) is 122 Å². The number of hydrogen-bond donors (Lipinski definition) is 4. The van der Waals surface area contributed by atoms with Crippen molar-refractivity contribution in [3.05, 3.63) is 59.7 Å². The lowest BCUT2D eigenvalue weighted by Gasteiger charge is -2.16. The van der Waals surface area contributed by atoms with Crippen molar-refractivity contribution in [1.82, 2.24) is 19.5 Å². The van der Waals surface area contributed by atoms with Crippen molar-refractivity contribution < 1.29 is 26.3 Å². The van der Waals surface area contributed by atoms with Crippen LogP contribution >= 0.6 is 11.3 Å². The van der Waals surface area contributed by atoms with E-state index in [0.717, 1.165) is 22.0 Å². The van der Waals surface area contributed by atoms with Crippen LogP contribution in [0.1, 0.15) is 12.5 Å². The van der Waals surface area contributed by atoms with Crippen LogP contribution in [0.2, 0.25) is 0 Å². The third kappa shape index (κ3) is 6.81. The highest BCUT2D eigenvalue weighted by atomic mass is 32.2. The molecule has 2 heterocycles. The van der Waals surface area contributed by atoms with E-state index >= 15 is 0 Å². The molecule has 15 heteroatoms. The molecule has 0 saturated carbocycles. The van der Waals surface area contributed by atoms with Gasteiger partial charge in [-0.2, -0.15) is 13.5 Å². The van der Waals surface area contributed by atoms with Crippen LogP contribution in [0.4, 0.5) is 29.7 Å². The summed E-state index contributed by atoms with van der Waals surface area (Å²) < 4.78 is 71.1. The molecule has 0 spiro atoms. The van der Waals surface area contributed by atoms with Gasteiger partial charge in [-0.1, -0.05) is 19.1 Å². The zero-order valence-corrected chi connectivity index (χ0v) is 21.2. The smallest absolute Gasteiger partial charge is 0.406 e. The number of nitrogens with zero attached hydrogens (tertiary/aromatic N) is 3. The Kier molecular flexibility index (Phi) is 8.04. The van der Waals surface area contributed by atoms with Gasteiger partial charge in [0.15, 0.2) is 5.13 Å². The van der Waals surface area contributed by atoms with Crippen LogP contribution in [-0.2, 0) is 16.8 Å². The van der Waals surface area contributed by atoms with Gasteiger partial charge in [-0.25, -0.2) is 9.71 Å². The second-order valence-electron chi connectivity index (χ2n) is 7.67. The molecular weight excluding hydrogens is 531 g/mol. The van der Waals surface area contributed by atoms with Crippen molar-refractivity contribution in [3.8, 4) is 5.75 Å². The molecule has 0 aliphatic heterocycles. The average Bonchev–Trinajstić information content (AvgIpc) is 3.50. The molecule has 0 atom stereocenters. The van der Waals surface area contributed by atoms with E-state index in [9.17, 15) is 21.6 Å². The maximum atomic E-state index is 12.8. The molecular formula is C22H24F3N7O3S2. The number of anilines is 3. The standard InChI is InChI=1S/C22H24F3N7O3S2/c1-2-26-8-9-27-19-12-16(35-22(23,24)25)7-6-15(19)13-29-18-4-3-5-20-17(18)14-30-32(20)37(33,34)31-21-28-10-11-36-21/h3-7,10-12,14,26-27,29H,2,8-9,13H2,1H3,(H,28,31). The summed E-state index contributed by atoms with van der Waals surface area (Å²) in [7, 11) is -4.04. The largest absolute Gasteiger partial charge is 0.573 e. The van der Waals surface area contributed by atoms with Gasteiger partial charge in [0.2, 0.25) is 0 Å². The number of thiazole rings is 1. The third-order valence-corrected chi connectivity index (χ3v) is 7.12. The van der Waals surface area contributed by atoms with Crippen molar-refractivity contribution in [1.29, 1.82) is 0 Å². The van der Waals surface area contributed by atoms with Crippen molar-refractivity contribution in [3.63, 3.8) is 0 Å². The first-order chi connectivity index (χ1) is 17.7. The van der Waals surface area contributed by atoms with Crippen molar-refractivity contribution in [2.24, 2.45) is 0 Å². The van der Waals surface area contributed by atoms with E-state index in [0.29, 0.717) is 40.9 Å². The van der Waals surface area contributed by atoms with E-state index in [4.69, 9.17) is 0 Å². The summed E-state index contributed by atoms with van der Waals surface area (Å²) in [5, 5.41) is 16.0. The summed E-state index contributed by atoms with van der Waals surface area (Å²) in [6.07, 6.45) is -1.89. The normalized spacial score (nSPS) is 12.0. The Labute approximate surface area is 215 Å². The summed E-state index contributed by atoms with van der Waals surface area (Å²) in [4.78, 5) is 3.93. The monoisotopic (exact) mass is 555 g/mol. The molecule has 0 bridgehead atoms. The number of rotatable bonds is 12. The lowest BCUT2D eigenvalue weighted by Crippen LogP contribution is -2.22. The molecule has 0 aliphatic rings. The molecule has 0 saturated heterocycles. The van der Waals surface area contributed by atoms with E-state index in [-0.39, 0.29) is 17.4 Å². The van der Waals surface area contributed by atoms with Crippen LogP contribution in [0.15, 0.2) is 54.2 Å². The number of hydrogen-bond acceptors (Lipinski definition) is 9. The van der Waals surface area contributed by atoms with Crippen LogP contribution in [0.25, 0.3) is 10.9 Å². The zero-order valence-electron chi connectivity index (χ0n) is 19.5. The van der Waals surface area contributed by atoms with Gasteiger partial charge >= 0.3 is 16.6 Å². The maximum Gasteiger partial charge on any atom is 0.573 e. The van der Waals surface area contributed by atoms with Crippen LogP contribution in [-0.4, -0.2) is 48.6 Å². The fraction of sp³-hybridized carbons (Fsp3) is 0.273. The molecule has 2 aromatic heterocycles. The molecule has 4 aromatic rings. The molecule has 2 aromatic carbocycles. The number of halogens is 3. The predicted molar refractivity (Wildman–Crippen MR) is 137 cm³/mol. The first-order valence-corrected chi connectivity index (χ1v) is 13.4. The molecule has 0 radical (unpaired) electrons. The minimum absolute atomic E-state index is 0.213. The van der Waals surface area contributed by atoms with Gasteiger partial charge in [0, 0.05) is 54.0 Å². The van der Waals surface area contributed by atoms with E-state index in [1.165, 1.54) is 30.6 Å². The first kappa shape index (κ1) is 26.5. The van der Waals surface area contributed by atoms with E-state index in [2.05, 4.69) is 35.5 Å². The van der Waals surface area contributed by atoms with E-state index < -0.39 is 16.6 Å². The lowest BCUT2D eigenvalue weighted by atomic mass is 10.1. The molecule has 0 amide bonds. The molecule has 37 heavy (non-hydrogen) atoms. The van der Waals surface area contributed by atoms with Crippen LogP contribution < -0.4 is 25.4 Å². The van der Waals surface area contributed by atoms with Crippen molar-refractivity contribution in [2.45, 2.75) is 19.8 Å². The van der Waals surface area contributed by atoms with Gasteiger partial charge in [-0.05, 0) is 30.3 Å². The van der Waals surface area contributed by atoms with Crippen molar-refractivity contribution >= 4 is 49.0 Å². The Morgan fingerprint density at radius 3 is 2.68 bits per heavy atom. The third-order valence-electron chi connectivity index (χ3n) is 5.11. The molecule has 198 valence electrons. The summed E-state index contributed by atoms with van der Waals surface area (Å²) in [6.45, 7) is 4.07. The fourth-order valence-corrected chi connectivity index (χ4v) is 5.36. The second kappa shape index (κ2) is 11.2. The fourth-order valence-electron chi connectivity index (χ4n) is 3.53. The average molecular weight is 556 g/mol. The van der Waals surface area contributed by atoms with Crippen LogP contribution in [0, 0.1) is 0 Å². The summed E-state index contributed by atoms with van der Waals surface area (Å²) in [6, 6.07) is 9.13. The zero-order chi connectivity index (χ0) is 26.5. The van der Waals surface area contributed by atoms with Crippen LogP contribution in [0.3, 0.4) is 0 Å². The number of aromatic nitrogens is 3. The Hall–Kier alpha value is -3.56. The number of benzene rings is 2. The minimum Gasteiger partial charge on any atom is -0.406 e. The minimum atomic E-state index is -4.80. The maximum absolute atomic E-state index is 12.8. The van der Waals surface area contributed by atoms with Gasteiger partial charge in [-0.3, -0.25) is 0 Å². The van der Waals surface area contributed by atoms with Crippen molar-refractivity contribution in [2.75, 3.05) is 35.0 Å². The summed E-state index contributed by atoms with van der Waals surface area (Å²) >= 11 is 1.14. The second-order valence-corrected chi connectivity index (χ2v) is 10.1.